The molecule has 11 nitrogen and oxygen atoms in total. The molecule has 6 rings (SSSR count). The Morgan fingerprint density at radius 2 is 2.07 bits per heavy atom. The highest BCUT2D eigenvalue weighted by Crippen LogP contribution is 2.45. The number of thioether (sulfide) groups is 1. The Balaban J connectivity index is 1.37. The highest BCUT2D eigenvalue weighted by Gasteiger charge is 2.52. The van der Waals surface area contributed by atoms with Gasteiger partial charge in [0.05, 0.1) is 19.9 Å². The molecule has 3 unspecified atom stereocenters. The van der Waals surface area contributed by atoms with E-state index in [0.717, 1.165) is 5.56 Å². The Bertz CT molecular complexity index is 1530. The fourth-order valence-corrected chi connectivity index (χ4v) is 7.45. The second-order valence-electron chi connectivity index (χ2n) is 9.08. The number of hydrogen-bond donors (Lipinski definition) is 0. The monoisotopic (exact) mass is 679 g/mol. The first-order chi connectivity index (χ1) is 19.9. The maximum Gasteiger partial charge on any atom is 0.357 e. The molecule has 6 atom stereocenters. The summed E-state index contributed by atoms with van der Waals surface area (Å²) < 4.78 is 32.6. The van der Waals surface area contributed by atoms with Crippen molar-refractivity contribution in [1.82, 2.24) is 25.0 Å². The average Bonchev–Trinajstić information content (AvgIpc) is 3.65. The van der Waals surface area contributed by atoms with Crippen molar-refractivity contribution in [2.75, 3.05) is 20.8 Å². The quantitative estimate of drug-likeness (QED) is 0.240. The number of ether oxygens (including phenoxy) is 5. The summed E-state index contributed by atoms with van der Waals surface area (Å²) in [7, 11) is 2.91. The molecule has 15 heteroatoms. The number of nitrogens with zero attached hydrogens (tertiary/aromatic N) is 5. The second-order valence-corrected chi connectivity index (χ2v) is 12.4. The van der Waals surface area contributed by atoms with E-state index in [4.69, 9.17) is 35.3 Å². The fourth-order valence-electron chi connectivity index (χ4n) is 4.77. The van der Waals surface area contributed by atoms with E-state index in [9.17, 15) is 4.79 Å². The van der Waals surface area contributed by atoms with Crippen LogP contribution in [0.1, 0.15) is 28.4 Å². The number of benzene rings is 1. The number of fused-ring (bicyclic) bond motifs is 1. The van der Waals surface area contributed by atoms with Gasteiger partial charge < -0.3 is 23.7 Å². The normalized spacial score (nSPS) is 26.0. The number of halogens is 2. The largest absolute Gasteiger partial charge is 0.464 e. The lowest BCUT2D eigenvalue weighted by Gasteiger charge is -2.48. The zero-order chi connectivity index (χ0) is 28.5. The molecule has 3 aromatic heterocycles. The Kier molecular flexibility index (Phi) is 8.70. The van der Waals surface area contributed by atoms with Gasteiger partial charge in [-0.15, -0.1) is 16.4 Å². The summed E-state index contributed by atoms with van der Waals surface area (Å²) in [6, 6.07) is 11.0. The third kappa shape index (κ3) is 5.92. The van der Waals surface area contributed by atoms with Gasteiger partial charge in [-0.05, 0) is 22.0 Å². The highest BCUT2D eigenvalue weighted by molar-refractivity contribution is 9.10. The van der Waals surface area contributed by atoms with Crippen LogP contribution in [0, 0.1) is 0 Å². The molecule has 214 valence electrons. The first-order valence-corrected chi connectivity index (χ1v) is 15.3. The molecule has 0 bridgehead atoms. The predicted octanol–water partition coefficient (Wildman–Crippen LogP) is 5.19. The summed E-state index contributed by atoms with van der Waals surface area (Å²) in [6.45, 7) is 0.262. The number of aromatic nitrogens is 5. The number of esters is 1. The van der Waals surface area contributed by atoms with Gasteiger partial charge in [0.2, 0.25) is 0 Å². The topological polar surface area (TPSA) is 120 Å². The number of methoxy groups -OCH3 is 2. The van der Waals surface area contributed by atoms with Crippen molar-refractivity contribution in [3.8, 4) is 10.7 Å². The molecule has 2 fully saturated rings. The zero-order valence-corrected chi connectivity index (χ0v) is 25.6. The molecule has 0 aliphatic carbocycles. The maximum absolute atomic E-state index is 12.5. The van der Waals surface area contributed by atoms with Crippen LogP contribution < -0.4 is 0 Å². The van der Waals surface area contributed by atoms with Gasteiger partial charge in [0.15, 0.2) is 12.0 Å². The molecule has 41 heavy (non-hydrogen) atoms. The number of rotatable bonds is 7. The van der Waals surface area contributed by atoms with Crippen LogP contribution >= 0.6 is 50.6 Å². The zero-order valence-electron chi connectivity index (χ0n) is 21.6. The van der Waals surface area contributed by atoms with Gasteiger partial charge in [-0.1, -0.05) is 58.9 Å². The fraction of sp³-hybridized carbons (Fsp3) is 0.346. The Morgan fingerprint density at radius 1 is 1.24 bits per heavy atom. The number of carbonyl (C=O) groups is 1. The van der Waals surface area contributed by atoms with Crippen LogP contribution in [0.3, 0.4) is 0 Å². The average molecular weight is 681 g/mol. The number of pyridine rings is 1. The molecule has 0 spiro atoms. The molecule has 4 aromatic rings. The summed E-state index contributed by atoms with van der Waals surface area (Å²) in [6.07, 6.45) is 1.16. The van der Waals surface area contributed by atoms with Gasteiger partial charge in [0, 0.05) is 33.6 Å². The summed E-state index contributed by atoms with van der Waals surface area (Å²) in [4.78, 5) is 21.7. The van der Waals surface area contributed by atoms with E-state index in [2.05, 4.69) is 36.2 Å². The van der Waals surface area contributed by atoms with Crippen molar-refractivity contribution in [2.24, 2.45) is 0 Å². The van der Waals surface area contributed by atoms with E-state index >= 15 is 0 Å². The molecule has 2 saturated heterocycles. The minimum absolute atomic E-state index is 0.168. The number of hydrogen-bond acceptors (Lipinski definition) is 12. The van der Waals surface area contributed by atoms with Crippen LogP contribution in [0.4, 0.5) is 0 Å². The van der Waals surface area contributed by atoms with Crippen LogP contribution in [0.15, 0.2) is 63.5 Å². The maximum atomic E-state index is 12.5. The summed E-state index contributed by atoms with van der Waals surface area (Å²) in [5, 5.41) is 11.6. The minimum atomic E-state index is -0.605. The van der Waals surface area contributed by atoms with Gasteiger partial charge in [0.25, 0.3) is 0 Å². The van der Waals surface area contributed by atoms with Gasteiger partial charge in [-0.2, -0.15) is 0 Å². The number of thiazole rings is 1. The highest BCUT2D eigenvalue weighted by atomic mass is 79.9. The van der Waals surface area contributed by atoms with Gasteiger partial charge >= 0.3 is 5.97 Å². The SMILES string of the molecule is COC(=O)c1ncc(Br)cc1S[C@H]1OC2COC(c3ccccc3)O[C@@H]2[C@H](n2cc(-c3nc(Cl)cs3)nn2)C1OC. The smallest absolute Gasteiger partial charge is 0.357 e. The molecule has 0 amide bonds. The molecule has 2 aliphatic rings. The molecule has 2 aliphatic heterocycles. The minimum Gasteiger partial charge on any atom is -0.464 e. The van der Waals surface area contributed by atoms with Crippen molar-refractivity contribution < 1.29 is 28.5 Å². The lowest BCUT2D eigenvalue weighted by molar-refractivity contribution is -0.308. The van der Waals surface area contributed by atoms with E-state index in [1.165, 1.54) is 30.2 Å². The first-order valence-electron chi connectivity index (χ1n) is 12.4. The molecule has 0 saturated carbocycles. The van der Waals surface area contributed by atoms with Crippen molar-refractivity contribution in [1.29, 1.82) is 0 Å². The molecular weight excluding hydrogens is 658 g/mol. The van der Waals surface area contributed by atoms with Crippen LogP contribution in [0.25, 0.3) is 10.7 Å². The van der Waals surface area contributed by atoms with Crippen LogP contribution in [-0.4, -0.2) is 75.5 Å². The van der Waals surface area contributed by atoms with Crippen LogP contribution in [0.2, 0.25) is 5.15 Å². The van der Waals surface area contributed by atoms with E-state index in [1.807, 2.05) is 30.3 Å². The van der Waals surface area contributed by atoms with Crippen molar-refractivity contribution in [2.45, 2.75) is 41.0 Å². The van der Waals surface area contributed by atoms with E-state index in [1.54, 1.807) is 35.6 Å². The first kappa shape index (κ1) is 28.7. The predicted molar refractivity (Wildman–Crippen MR) is 154 cm³/mol. The standard InChI is InChI=1S/C26H23BrClN5O6S2/c1-35-22-20(33-10-15(31-32-33)23-30-18(28)12-40-23)21-16(11-37-25(39-21)13-6-4-3-5-7-13)38-26(22)41-17-8-14(27)9-29-19(17)24(34)36-2/h3-10,12,16,20-22,25-26H,11H2,1-2H3/t16?,20-,21-,22?,25?,26+/m0/s1. The Morgan fingerprint density at radius 3 is 2.80 bits per heavy atom. The van der Waals surface area contributed by atoms with Gasteiger partial charge in [-0.3, -0.25) is 0 Å². The van der Waals surface area contributed by atoms with Gasteiger partial charge in [-0.25, -0.2) is 19.4 Å². The lowest BCUT2D eigenvalue weighted by atomic mass is 9.96. The van der Waals surface area contributed by atoms with Crippen molar-refractivity contribution >= 4 is 56.6 Å². The van der Waals surface area contributed by atoms with Crippen LogP contribution in [0.5, 0.6) is 0 Å². The molecular formula is C26H23BrClN5O6S2. The van der Waals surface area contributed by atoms with Crippen molar-refractivity contribution in [3.05, 3.63) is 75.1 Å². The second kappa shape index (κ2) is 12.4. The summed E-state index contributed by atoms with van der Waals surface area (Å²) >= 11 is 12.2. The summed E-state index contributed by atoms with van der Waals surface area (Å²) in [5.74, 6) is -0.558. The number of carbonyl (C=O) groups excluding carboxylic acids is 1. The molecule has 0 N–H and O–H groups in total. The van der Waals surface area contributed by atoms with Gasteiger partial charge in [0.1, 0.15) is 45.6 Å². The summed E-state index contributed by atoms with van der Waals surface area (Å²) in [5.41, 5.74) is 1.02. The Labute approximate surface area is 256 Å². The Hall–Kier alpha value is -2.43. The van der Waals surface area contributed by atoms with E-state index < -0.39 is 42.0 Å². The third-order valence-corrected chi connectivity index (χ3v) is 9.40. The van der Waals surface area contributed by atoms with E-state index in [0.29, 0.717) is 25.2 Å². The third-order valence-electron chi connectivity index (χ3n) is 6.61. The molecule has 1 aromatic carbocycles. The van der Waals surface area contributed by atoms with Crippen LogP contribution in [-0.2, 0) is 23.7 Å². The van der Waals surface area contributed by atoms with E-state index in [-0.39, 0.29) is 12.3 Å². The van der Waals surface area contributed by atoms with Crippen molar-refractivity contribution in [3.63, 3.8) is 0 Å². The lowest BCUT2D eigenvalue weighted by Crippen LogP contribution is -2.59. The molecule has 0 radical (unpaired) electrons. The molecule has 5 heterocycles.